The molecule has 1 aromatic carbocycles. The number of aliphatic hydroxyl groups is 1. The Bertz CT molecular complexity index is 465. The Morgan fingerprint density at radius 2 is 1.95 bits per heavy atom. The summed E-state index contributed by atoms with van der Waals surface area (Å²) in [6.07, 6.45) is -1.65. The van der Waals surface area contributed by atoms with Gasteiger partial charge in [0.1, 0.15) is 6.26 Å². The molecule has 1 unspecified atom stereocenters. The molecule has 1 heterocycles. The summed E-state index contributed by atoms with van der Waals surface area (Å²) in [6, 6.07) is 6.69. The Balaban J connectivity index is 0.000000369. The monoisotopic (exact) mass is 302 g/mol. The van der Waals surface area contributed by atoms with E-state index in [1.807, 2.05) is 0 Å². The molecule has 2 N–H and O–H groups in total. The minimum absolute atomic E-state index is 0.418. The first kappa shape index (κ1) is 17.2. The molecule has 1 atom stereocenters. The summed E-state index contributed by atoms with van der Waals surface area (Å²) in [5.41, 5.74) is 0.112. The Hall–Kier alpha value is -1.86. The molecule has 21 heavy (non-hydrogen) atoms. The summed E-state index contributed by atoms with van der Waals surface area (Å²) >= 11 is 0. The number of hydrogen-bond donors (Lipinski definition) is 2. The lowest BCUT2D eigenvalue weighted by atomic mass is 10.1. The predicted octanol–water partition coefficient (Wildman–Crippen LogP) is 2.85. The van der Waals surface area contributed by atoms with Crippen LogP contribution in [0.3, 0.4) is 0 Å². The topological polar surface area (TPSA) is 58.3 Å². The van der Waals surface area contributed by atoms with Crippen molar-refractivity contribution in [2.45, 2.75) is 25.7 Å². The second-order valence-electron chi connectivity index (χ2n) is 4.36. The zero-order chi connectivity index (χ0) is 15.7. The number of aromatic nitrogens is 1. The van der Waals surface area contributed by atoms with Crippen LogP contribution in [0.25, 0.3) is 0 Å². The molecule has 0 aliphatic heterocycles. The molecule has 0 amide bonds. The summed E-state index contributed by atoms with van der Waals surface area (Å²) in [6.45, 7) is 2.50. The number of benzene rings is 1. The van der Waals surface area contributed by atoms with Gasteiger partial charge in [0.25, 0.3) is 0 Å². The third-order valence-electron chi connectivity index (χ3n) is 2.40. The van der Waals surface area contributed by atoms with E-state index in [2.05, 4.69) is 15.0 Å². The molecule has 7 heteroatoms. The van der Waals surface area contributed by atoms with Gasteiger partial charge in [-0.25, -0.2) is 0 Å². The van der Waals surface area contributed by atoms with Gasteiger partial charge in [0.15, 0.2) is 0 Å². The van der Waals surface area contributed by atoms with Gasteiger partial charge in [-0.1, -0.05) is 17.3 Å². The summed E-state index contributed by atoms with van der Waals surface area (Å²) in [7, 11) is 0. The molecule has 116 valence electrons. The van der Waals surface area contributed by atoms with Crippen LogP contribution in [0.15, 0.2) is 47.3 Å². The van der Waals surface area contributed by atoms with Crippen molar-refractivity contribution in [1.82, 2.24) is 10.5 Å². The lowest BCUT2D eigenvalue weighted by Crippen LogP contribution is -2.23. The third kappa shape index (κ3) is 7.48. The number of hydrogen-bond acceptors (Lipinski definition) is 4. The summed E-state index contributed by atoms with van der Waals surface area (Å²) in [5.74, 6) is 0. The smallest absolute Gasteiger partial charge is 0.392 e. The SMILES string of the molecule is CC(O)CNCc1ccc(C(F)(F)F)cc1.c1cnoc1. The Kier molecular flexibility index (Phi) is 6.90. The van der Waals surface area contributed by atoms with E-state index in [1.54, 1.807) is 19.2 Å². The number of rotatable bonds is 4. The van der Waals surface area contributed by atoms with Crippen molar-refractivity contribution in [1.29, 1.82) is 0 Å². The highest BCUT2D eigenvalue weighted by Gasteiger charge is 2.29. The maximum atomic E-state index is 12.2. The van der Waals surface area contributed by atoms with Crippen LogP contribution >= 0.6 is 0 Å². The first-order valence-electron chi connectivity index (χ1n) is 6.29. The van der Waals surface area contributed by atoms with Crippen molar-refractivity contribution >= 4 is 0 Å². The zero-order valence-electron chi connectivity index (χ0n) is 11.5. The minimum Gasteiger partial charge on any atom is -0.392 e. The number of aliphatic hydroxyl groups excluding tert-OH is 1. The molecular weight excluding hydrogens is 285 g/mol. The lowest BCUT2D eigenvalue weighted by Gasteiger charge is -2.09. The fourth-order valence-electron chi connectivity index (χ4n) is 1.41. The Morgan fingerprint density at radius 3 is 2.33 bits per heavy atom. The van der Waals surface area contributed by atoms with Gasteiger partial charge in [-0.15, -0.1) is 0 Å². The molecular formula is C14H17F3N2O2. The molecule has 0 aliphatic carbocycles. The van der Waals surface area contributed by atoms with E-state index in [0.29, 0.717) is 13.1 Å². The highest BCUT2D eigenvalue weighted by molar-refractivity contribution is 5.24. The number of alkyl halides is 3. The normalized spacial score (nSPS) is 12.4. The van der Waals surface area contributed by atoms with Crippen LogP contribution in [-0.2, 0) is 12.7 Å². The fraction of sp³-hybridized carbons (Fsp3) is 0.357. The molecule has 2 aromatic rings. The molecule has 0 saturated heterocycles. The van der Waals surface area contributed by atoms with Crippen LogP contribution in [-0.4, -0.2) is 22.9 Å². The van der Waals surface area contributed by atoms with Gasteiger partial charge in [0.2, 0.25) is 0 Å². The lowest BCUT2D eigenvalue weighted by molar-refractivity contribution is -0.137. The van der Waals surface area contributed by atoms with E-state index in [4.69, 9.17) is 5.11 Å². The Labute approximate surface area is 120 Å². The van der Waals surface area contributed by atoms with Gasteiger partial charge in [0, 0.05) is 13.1 Å². The molecule has 0 saturated carbocycles. The molecule has 1 aromatic heterocycles. The summed E-state index contributed by atoms with van der Waals surface area (Å²) in [5, 5.41) is 15.2. The average molecular weight is 302 g/mol. The molecule has 0 bridgehead atoms. The van der Waals surface area contributed by atoms with Gasteiger partial charge in [0.05, 0.1) is 17.9 Å². The maximum absolute atomic E-state index is 12.2. The van der Waals surface area contributed by atoms with Gasteiger partial charge < -0.3 is 14.9 Å². The predicted molar refractivity (Wildman–Crippen MR) is 71.3 cm³/mol. The number of nitrogens with one attached hydrogen (secondary N) is 1. The first-order valence-corrected chi connectivity index (χ1v) is 6.29. The fourth-order valence-corrected chi connectivity index (χ4v) is 1.41. The van der Waals surface area contributed by atoms with Crippen molar-refractivity contribution in [2.24, 2.45) is 0 Å². The Morgan fingerprint density at radius 1 is 1.29 bits per heavy atom. The average Bonchev–Trinajstić information content (AvgIpc) is 2.97. The standard InChI is InChI=1S/C11H14F3NO.C3H3NO/c1-8(16)6-15-7-9-2-4-10(5-3-9)11(12,13)14;1-2-4-5-3-1/h2-5,8,15-16H,6-7H2,1H3;1-3H. The van der Waals surface area contributed by atoms with Gasteiger partial charge in [-0.2, -0.15) is 13.2 Å². The summed E-state index contributed by atoms with van der Waals surface area (Å²) < 4.78 is 41.0. The van der Waals surface area contributed by atoms with Crippen molar-refractivity contribution < 1.29 is 22.8 Å². The second kappa shape index (κ2) is 8.43. The van der Waals surface area contributed by atoms with E-state index in [-0.39, 0.29) is 0 Å². The third-order valence-corrected chi connectivity index (χ3v) is 2.40. The summed E-state index contributed by atoms with van der Waals surface area (Å²) in [4.78, 5) is 0. The van der Waals surface area contributed by atoms with Crippen molar-refractivity contribution in [3.05, 3.63) is 53.9 Å². The maximum Gasteiger partial charge on any atom is 0.416 e. The highest BCUT2D eigenvalue weighted by Crippen LogP contribution is 2.28. The number of halogens is 3. The largest absolute Gasteiger partial charge is 0.416 e. The van der Waals surface area contributed by atoms with Crippen LogP contribution in [0.5, 0.6) is 0 Å². The zero-order valence-corrected chi connectivity index (χ0v) is 11.5. The van der Waals surface area contributed by atoms with Crippen LogP contribution in [0.2, 0.25) is 0 Å². The van der Waals surface area contributed by atoms with Crippen LogP contribution in [0, 0.1) is 0 Å². The number of nitrogens with zero attached hydrogens (tertiary/aromatic N) is 1. The van der Waals surface area contributed by atoms with Crippen molar-refractivity contribution in [2.75, 3.05) is 6.54 Å². The minimum atomic E-state index is -4.29. The molecule has 0 spiro atoms. The van der Waals surface area contributed by atoms with E-state index in [9.17, 15) is 13.2 Å². The van der Waals surface area contributed by atoms with E-state index >= 15 is 0 Å². The van der Waals surface area contributed by atoms with Crippen LogP contribution < -0.4 is 5.32 Å². The quantitative estimate of drug-likeness (QED) is 0.912. The molecule has 2 rings (SSSR count). The molecule has 0 fully saturated rings. The second-order valence-corrected chi connectivity index (χ2v) is 4.36. The van der Waals surface area contributed by atoms with Gasteiger partial charge in [-0.05, 0) is 30.7 Å². The van der Waals surface area contributed by atoms with Crippen molar-refractivity contribution in [3.8, 4) is 0 Å². The van der Waals surface area contributed by atoms with E-state index < -0.39 is 17.8 Å². The van der Waals surface area contributed by atoms with Gasteiger partial charge in [-0.3, -0.25) is 0 Å². The molecule has 0 aliphatic rings. The van der Waals surface area contributed by atoms with E-state index in [0.717, 1.165) is 17.7 Å². The molecule has 4 nitrogen and oxygen atoms in total. The van der Waals surface area contributed by atoms with Crippen LogP contribution in [0.4, 0.5) is 13.2 Å². The highest BCUT2D eigenvalue weighted by atomic mass is 19.4. The van der Waals surface area contributed by atoms with Crippen LogP contribution in [0.1, 0.15) is 18.1 Å². The van der Waals surface area contributed by atoms with Gasteiger partial charge >= 0.3 is 6.18 Å². The molecule has 0 radical (unpaired) electrons. The van der Waals surface area contributed by atoms with E-state index in [1.165, 1.54) is 18.4 Å². The van der Waals surface area contributed by atoms with Crippen molar-refractivity contribution in [3.63, 3.8) is 0 Å². The first-order chi connectivity index (χ1) is 9.89.